The van der Waals surface area contributed by atoms with Crippen LogP contribution in [0.2, 0.25) is 0 Å². The topological polar surface area (TPSA) is 49.5 Å². The van der Waals surface area contributed by atoms with Crippen molar-refractivity contribution in [2.24, 2.45) is 11.7 Å². The molecule has 0 saturated carbocycles. The third-order valence-electron chi connectivity index (χ3n) is 3.05. The lowest BCUT2D eigenvalue weighted by Crippen LogP contribution is -2.40. The first-order valence-electron chi connectivity index (χ1n) is 6.51. The molecular formula is C15H26N2O. The second-order valence-corrected chi connectivity index (χ2v) is 5.92. The summed E-state index contributed by atoms with van der Waals surface area (Å²) in [5, 5.41) is 9.78. The van der Waals surface area contributed by atoms with Crippen molar-refractivity contribution < 1.29 is 5.11 Å². The van der Waals surface area contributed by atoms with Crippen molar-refractivity contribution in [1.82, 2.24) is 4.90 Å². The lowest BCUT2D eigenvalue weighted by atomic mass is 9.94. The van der Waals surface area contributed by atoms with Gasteiger partial charge >= 0.3 is 0 Å². The van der Waals surface area contributed by atoms with Crippen LogP contribution in [0.3, 0.4) is 0 Å². The van der Waals surface area contributed by atoms with Crippen LogP contribution in [-0.2, 0) is 0 Å². The van der Waals surface area contributed by atoms with Crippen molar-refractivity contribution in [3.8, 4) is 0 Å². The molecule has 0 radical (unpaired) electrons. The molecule has 0 saturated heterocycles. The molecule has 3 heteroatoms. The van der Waals surface area contributed by atoms with E-state index in [9.17, 15) is 5.11 Å². The molecule has 0 spiro atoms. The van der Waals surface area contributed by atoms with Gasteiger partial charge in [-0.3, -0.25) is 0 Å². The van der Waals surface area contributed by atoms with Gasteiger partial charge in [-0.2, -0.15) is 0 Å². The zero-order valence-electron chi connectivity index (χ0n) is 11.9. The van der Waals surface area contributed by atoms with Gasteiger partial charge in [0.25, 0.3) is 0 Å². The highest BCUT2D eigenvalue weighted by molar-refractivity contribution is 5.19. The SMILES string of the molecule is CC(CN(C)CC(C)(C)O)C(N)c1ccccc1. The Bertz CT molecular complexity index is 345. The maximum Gasteiger partial charge on any atom is 0.0718 e. The van der Waals surface area contributed by atoms with Gasteiger partial charge in [0.1, 0.15) is 0 Å². The molecule has 1 aromatic rings. The van der Waals surface area contributed by atoms with Crippen LogP contribution in [0.4, 0.5) is 0 Å². The fourth-order valence-corrected chi connectivity index (χ4v) is 2.33. The smallest absolute Gasteiger partial charge is 0.0718 e. The van der Waals surface area contributed by atoms with Crippen molar-refractivity contribution in [2.75, 3.05) is 20.1 Å². The fourth-order valence-electron chi connectivity index (χ4n) is 2.33. The van der Waals surface area contributed by atoms with Crippen molar-refractivity contribution in [1.29, 1.82) is 0 Å². The highest BCUT2D eigenvalue weighted by Gasteiger charge is 2.20. The predicted octanol–water partition coefficient (Wildman–Crippen LogP) is 2.03. The molecule has 0 amide bonds. The van der Waals surface area contributed by atoms with Crippen LogP contribution in [0.25, 0.3) is 0 Å². The number of benzene rings is 1. The molecule has 0 aliphatic carbocycles. The third-order valence-corrected chi connectivity index (χ3v) is 3.05. The van der Waals surface area contributed by atoms with E-state index in [4.69, 9.17) is 5.73 Å². The van der Waals surface area contributed by atoms with E-state index in [1.54, 1.807) is 0 Å². The molecule has 18 heavy (non-hydrogen) atoms. The Kier molecular flexibility index (Phi) is 5.32. The van der Waals surface area contributed by atoms with Crippen molar-refractivity contribution >= 4 is 0 Å². The average Bonchev–Trinajstić information content (AvgIpc) is 2.26. The number of hydrogen-bond acceptors (Lipinski definition) is 3. The lowest BCUT2D eigenvalue weighted by molar-refractivity contribution is 0.0398. The summed E-state index contributed by atoms with van der Waals surface area (Å²) < 4.78 is 0. The van der Waals surface area contributed by atoms with Gasteiger partial charge in [0.2, 0.25) is 0 Å². The second kappa shape index (κ2) is 6.32. The molecule has 0 heterocycles. The summed E-state index contributed by atoms with van der Waals surface area (Å²) in [6, 6.07) is 10.2. The Labute approximate surface area is 111 Å². The predicted molar refractivity (Wildman–Crippen MR) is 76.3 cm³/mol. The molecule has 0 bridgehead atoms. The van der Waals surface area contributed by atoms with E-state index in [-0.39, 0.29) is 6.04 Å². The molecule has 1 aromatic carbocycles. The van der Waals surface area contributed by atoms with Crippen LogP contribution in [-0.4, -0.2) is 35.7 Å². The van der Waals surface area contributed by atoms with Crippen LogP contribution >= 0.6 is 0 Å². The van der Waals surface area contributed by atoms with Gasteiger partial charge in [-0.1, -0.05) is 37.3 Å². The Hall–Kier alpha value is -0.900. The summed E-state index contributed by atoms with van der Waals surface area (Å²) in [6.45, 7) is 7.33. The average molecular weight is 250 g/mol. The lowest BCUT2D eigenvalue weighted by Gasteiger charge is -2.30. The summed E-state index contributed by atoms with van der Waals surface area (Å²) in [5.74, 6) is 0.347. The van der Waals surface area contributed by atoms with Gasteiger partial charge in [0, 0.05) is 19.1 Å². The Morgan fingerprint density at radius 1 is 1.28 bits per heavy atom. The zero-order valence-corrected chi connectivity index (χ0v) is 11.9. The molecule has 3 nitrogen and oxygen atoms in total. The second-order valence-electron chi connectivity index (χ2n) is 5.92. The number of hydrogen-bond donors (Lipinski definition) is 2. The van der Waals surface area contributed by atoms with E-state index in [0.29, 0.717) is 12.5 Å². The number of likely N-dealkylation sites (N-methyl/N-ethyl adjacent to an activating group) is 1. The van der Waals surface area contributed by atoms with Gasteiger partial charge < -0.3 is 15.7 Å². The van der Waals surface area contributed by atoms with Crippen molar-refractivity contribution in [2.45, 2.75) is 32.4 Å². The number of nitrogens with two attached hydrogens (primary N) is 1. The van der Waals surface area contributed by atoms with Gasteiger partial charge in [-0.15, -0.1) is 0 Å². The van der Waals surface area contributed by atoms with Gasteiger partial charge in [-0.25, -0.2) is 0 Å². The molecular weight excluding hydrogens is 224 g/mol. The summed E-state index contributed by atoms with van der Waals surface area (Å²) in [4.78, 5) is 2.13. The molecule has 0 fully saturated rings. The minimum Gasteiger partial charge on any atom is -0.389 e. The third kappa shape index (κ3) is 5.17. The van der Waals surface area contributed by atoms with E-state index in [1.165, 1.54) is 5.56 Å². The molecule has 3 N–H and O–H groups in total. The molecule has 0 aliphatic heterocycles. The van der Waals surface area contributed by atoms with Crippen molar-refractivity contribution in [3.63, 3.8) is 0 Å². The van der Waals surface area contributed by atoms with E-state index < -0.39 is 5.60 Å². The maximum atomic E-state index is 9.78. The number of rotatable bonds is 6. The van der Waals surface area contributed by atoms with E-state index in [2.05, 4.69) is 24.0 Å². The molecule has 0 aromatic heterocycles. The van der Waals surface area contributed by atoms with E-state index in [0.717, 1.165) is 6.54 Å². The summed E-state index contributed by atoms with van der Waals surface area (Å²) in [7, 11) is 2.02. The molecule has 0 aliphatic rings. The van der Waals surface area contributed by atoms with Crippen LogP contribution in [0.1, 0.15) is 32.4 Å². The molecule has 2 unspecified atom stereocenters. The maximum absolute atomic E-state index is 9.78. The largest absolute Gasteiger partial charge is 0.389 e. The first kappa shape index (κ1) is 15.2. The first-order valence-corrected chi connectivity index (χ1v) is 6.51. The van der Waals surface area contributed by atoms with E-state index >= 15 is 0 Å². The zero-order chi connectivity index (χ0) is 13.8. The standard InChI is InChI=1S/C15H26N2O/c1-12(10-17(4)11-15(2,3)18)14(16)13-8-6-5-7-9-13/h5-9,12,14,18H,10-11,16H2,1-4H3. The van der Waals surface area contributed by atoms with E-state index in [1.807, 2.05) is 39.1 Å². The molecule has 1 rings (SSSR count). The minimum absolute atomic E-state index is 0.0375. The molecule has 102 valence electrons. The quantitative estimate of drug-likeness (QED) is 0.812. The van der Waals surface area contributed by atoms with Gasteiger partial charge in [0.15, 0.2) is 0 Å². The van der Waals surface area contributed by atoms with Crippen LogP contribution in [0.15, 0.2) is 30.3 Å². The summed E-state index contributed by atoms with van der Waals surface area (Å²) in [5.41, 5.74) is 6.77. The van der Waals surface area contributed by atoms with Gasteiger partial charge in [0.05, 0.1) is 5.60 Å². The van der Waals surface area contributed by atoms with Gasteiger partial charge in [-0.05, 0) is 32.4 Å². The molecule has 2 atom stereocenters. The van der Waals surface area contributed by atoms with Crippen LogP contribution < -0.4 is 5.73 Å². The monoisotopic (exact) mass is 250 g/mol. The number of aliphatic hydroxyl groups is 1. The summed E-state index contributed by atoms with van der Waals surface area (Å²) in [6.07, 6.45) is 0. The highest BCUT2D eigenvalue weighted by Crippen LogP contribution is 2.20. The fraction of sp³-hybridized carbons (Fsp3) is 0.600. The first-order chi connectivity index (χ1) is 8.29. The Balaban J connectivity index is 2.52. The highest BCUT2D eigenvalue weighted by atomic mass is 16.3. The summed E-state index contributed by atoms with van der Waals surface area (Å²) >= 11 is 0. The Morgan fingerprint density at radius 3 is 2.33 bits per heavy atom. The normalized spacial score (nSPS) is 15.7. The minimum atomic E-state index is -0.661. The number of nitrogens with zero attached hydrogens (tertiary/aromatic N) is 1. The van der Waals surface area contributed by atoms with Crippen molar-refractivity contribution in [3.05, 3.63) is 35.9 Å². The van der Waals surface area contributed by atoms with Crippen LogP contribution in [0, 0.1) is 5.92 Å². The Morgan fingerprint density at radius 2 is 1.83 bits per heavy atom. The van der Waals surface area contributed by atoms with Crippen LogP contribution in [0.5, 0.6) is 0 Å².